The highest BCUT2D eigenvalue weighted by atomic mass is 19.2. The Balaban J connectivity index is 1.87. The number of rotatable bonds is 4. The van der Waals surface area contributed by atoms with Crippen molar-refractivity contribution in [1.82, 2.24) is 10.2 Å². The molecule has 1 N–H and O–H groups in total. The smallest absolute Gasteiger partial charge is 0.162 e. The van der Waals surface area contributed by atoms with Crippen molar-refractivity contribution in [3.8, 4) is 5.75 Å². The molecule has 0 amide bonds. The van der Waals surface area contributed by atoms with Crippen molar-refractivity contribution in [3.63, 3.8) is 0 Å². The van der Waals surface area contributed by atoms with E-state index in [0.29, 0.717) is 18.8 Å². The van der Waals surface area contributed by atoms with Crippen LogP contribution < -0.4 is 4.74 Å². The van der Waals surface area contributed by atoms with Gasteiger partial charge in [0.25, 0.3) is 0 Å². The van der Waals surface area contributed by atoms with Crippen LogP contribution >= 0.6 is 0 Å². The van der Waals surface area contributed by atoms with Gasteiger partial charge in [-0.2, -0.15) is 5.10 Å². The molecule has 0 aliphatic heterocycles. The van der Waals surface area contributed by atoms with Gasteiger partial charge in [0.2, 0.25) is 0 Å². The van der Waals surface area contributed by atoms with Gasteiger partial charge in [-0.25, -0.2) is 8.78 Å². The largest absolute Gasteiger partial charge is 0.493 e. The fourth-order valence-corrected chi connectivity index (χ4v) is 1.44. The van der Waals surface area contributed by atoms with Crippen LogP contribution in [0.25, 0.3) is 0 Å². The number of nitrogens with zero attached hydrogens (tertiary/aromatic N) is 1. The minimum absolute atomic E-state index is 0.316. The van der Waals surface area contributed by atoms with Crippen LogP contribution in [-0.2, 0) is 6.42 Å². The van der Waals surface area contributed by atoms with Crippen molar-refractivity contribution in [2.75, 3.05) is 6.61 Å². The number of hydrogen-bond acceptors (Lipinski definition) is 2. The zero-order valence-corrected chi connectivity index (χ0v) is 9.34. The van der Waals surface area contributed by atoms with Crippen molar-refractivity contribution in [3.05, 3.63) is 47.3 Å². The first-order chi connectivity index (χ1) is 8.15. The Kier molecular flexibility index (Phi) is 3.37. The van der Waals surface area contributed by atoms with Crippen molar-refractivity contribution >= 4 is 0 Å². The van der Waals surface area contributed by atoms with Gasteiger partial charge in [-0.1, -0.05) is 0 Å². The van der Waals surface area contributed by atoms with E-state index in [0.717, 1.165) is 23.5 Å². The van der Waals surface area contributed by atoms with Crippen LogP contribution in [0.3, 0.4) is 0 Å². The Morgan fingerprint density at radius 2 is 2.06 bits per heavy atom. The minimum atomic E-state index is -0.905. The van der Waals surface area contributed by atoms with Gasteiger partial charge < -0.3 is 4.74 Å². The second-order valence-corrected chi connectivity index (χ2v) is 3.72. The molecule has 3 nitrogen and oxygen atoms in total. The first kappa shape index (κ1) is 11.6. The first-order valence-corrected chi connectivity index (χ1v) is 5.24. The maximum atomic E-state index is 12.9. The van der Waals surface area contributed by atoms with Crippen LogP contribution in [0.15, 0.2) is 24.3 Å². The monoisotopic (exact) mass is 238 g/mol. The van der Waals surface area contributed by atoms with Gasteiger partial charge in [-0.3, -0.25) is 5.10 Å². The van der Waals surface area contributed by atoms with E-state index in [4.69, 9.17) is 4.74 Å². The third kappa shape index (κ3) is 3.03. The van der Waals surface area contributed by atoms with Gasteiger partial charge in [0.15, 0.2) is 11.6 Å². The third-order valence-electron chi connectivity index (χ3n) is 2.28. The van der Waals surface area contributed by atoms with Crippen LogP contribution in [0.1, 0.15) is 11.4 Å². The number of benzene rings is 1. The predicted octanol–water partition coefficient (Wildman–Crippen LogP) is 2.62. The number of ether oxygens (including phenoxy) is 1. The Hall–Kier alpha value is -1.91. The number of halogens is 2. The lowest BCUT2D eigenvalue weighted by Crippen LogP contribution is -2.02. The molecule has 1 aromatic heterocycles. The van der Waals surface area contributed by atoms with Crippen LogP contribution in [0.2, 0.25) is 0 Å². The number of hydrogen-bond donors (Lipinski definition) is 1. The number of aryl methyl sites for hydroxylation is 1. The number of H-pyrrole nitrogens is 1. The Morgan fingerprint density at radius 1 is 1.24 bits per heavy atom. The van der Waals surface area contributed by atoms with Gasteiger partial charge >= 0.3 is 0 Å². The zero-order chi connectivity index (χ0) is 12.3. The number of aromatic nitrogens is 2. The standard InChI is InChI=1S/C12H12F2N2O/c1-8-6-9(16-15-8)4-5-17-10-2-3-11(13)12(14)7-10/h2-3,6-7H,4-5H2,1H3,(H,15,16). The fraction of sp³-hybridized carbons (Fsp3) is 0.250. The van der Waals surface area contributed by atoms with Crippen LogP contribution in [0, 0.1) is 18.6 Å². The highest BCUT2D eigenvalue weighted by Gasteiger charge is 2.03. The van der Waals surface area contributed by atoms with Gasteiger partial charge in [0, 0.05) is 18.2 Å². The molecule has 0 aliphatic rings. The lowest BCUT2D eigenvalue weighted by atomic mass is 10.3. The lowest BCUT2D eigenvalue weighted by molar-refractivity contribution is 0.317. The van der Waals surface area contributed by atoms with Gasteiger partial charge in [0.1, 0.15) is 5.75 Å². The van der Waals surface area contributed by atoms with Crippen molar-refractivity contribution in [1.29, 1.82) is 0 Å². The van der Waals surface area contributed by atoms with E-state index in [1.54, 1.807) is 0 Å². The number of nitrogens with one attached hydrogen (secondary N) is 1. The molecule has 0 unspecified atom stereocenters. The molecule has 2 aromatic rings. The molecule has 0 aliphatic carbocycles. The molecule has 1 aromatic carbocycles. The summed E-state index contributed by atoms with van der Waals surface area (Å²) < 4.78 is 30.8. The van der Waals surface area contributed by atoms with Crippen LogP contribution in [0.5, 0.6) is 5.75 Å². The molecule has 0 radical (unpaired) electrons. The summed E-state index contributed by atoms with van der Waals surface area (Å²) in [5.41, 5.74) is 1.86. The van der Waals surface area contributed by atoms with Gasteiger partial charge in [-0.05, 0) is 25.1 Å². The maximum Gasteiger partial charge on any atom is 0.162 e. The molecular formula is C12H12F2N2O. The molecule has 0 fully saturated rings. The topological polar surface area (TPSA) is 37.9 Å². The normalized spacial score (nSPS) is 10.5. The van der Waals surface area contributed by atoms with E-state index in [1.807, 2.05) is 13.0 Å². The molecule has 5 heteroatoms. The molecule has 1 heterocycles. The van der Waals surface area contributed by atoms with Crippen molar-refractivity contribution in [2.24, 2.45) is 0 Å². The van der Waals surface area contributed by atoms with E-state index in [-0.39, 0.29) is 0 Å². The molecule has 17 heavy (non-hydrogen) atoms. The fourth-order valence-electron chi connectivity index (χ4n) is 1.44. The Labute approximate surface area is 97.4 Å². The average Bonchev–Trinajstić information content (AvgIpc) is 2.70. The maximum absolute atomic E-state index is 12.9. The van der Waals surface area contributed by atoms with Gasteiger partial charge in [0.05, 0.1) is 12.3 Å². The predicted molar refractivity (Wildman–Crippen MR) is 58.9 cm³/mol. The Bertz CT molecular complexity index is 511. The summed E-state index contributed by atoms with van der Waals surface area (Å²) in [7, 11) is 0. The first-order valence-electron chi connectivity index (χ1n) is 5.24. The molecule has 2 rings (SSSR count). The highest BCUT2D eigenvalue weighted by Crippen LogP contribution is 2.15. The van der Waals surface area contributed by atoms with E-state index >= 15 is 0 Å². The van der Waals surface area contributed by atoms with E-state index in [9.17, 15) is 8.78 Å². The van der Waals surface area contributed by atoms with E-state index in [2.05, 4.69) is 10.2 Å². The average molecular weight is 238 g/mol. The van der Waals surface area contributed by atoms with Crippen molar-refractivity contribution in [2.45, 2.75) is 13.3 Å². The molecule has 0 atom stereocenters. The quantitative estimate of drug-likeness (QED) is 0.889. The van der Waals surface area contributed by atoms with Gasteiger partial charge in [-0.15, -0.1) is 0 Å². The summed E-state index contributed by atoms with van der Waals surface area (Å²) in [6, 6.07) is 5.39. The van der Waals surface area contributed by atoms with Crippen molar-refractivity contribution < 1.29 is 13.5 Å². The second kappa shape index (κ2) is 4.95. The summed E-state index contributed by atoms with van der Waals surface area (Å²) in [6.45, 7) is 2.28. The summed E-state index contributed by atoms with van der Waals surface area (Å²) in [5, 5.41) is 6.86. The second-order valence-electron chi connectivity index (χ2n) is 3.72. The zero-order valence-electron chi connectivity index (χ0n) is 9.34. The molecule has 0 bridgehead atoms. The molecule has 0 spiro atoms. The molecule has 0 saturated heterocycles. The van der Waals surface area contributed by atoms with E-state index in [1.165, 1.54) is 6.07 Å². The Morgan fingerprint density at radius 3 is 2.71 bits per heavy atom. The highest BCUT2D eigenvalue weighted by molar-refractivity contribution is 5.23. The summed E-state index contributed by atoms with van der Waals surface area (Å²) in [5.74, 6) is -1.46. The summed E-state index contributed by atoms with van der Waals surface area (Å²) in [6.07, 6.45) is 0.614. The molecular weight excluding hydrogens is 226 g/mol. The van der Waals surface area contributed by atoms with E-state index < -0.39 is 11.6 Å². The minimum Gasteiger partial charge on any atom is -0.493 e. The molecule has 0 saturated carbocycles. The SMILES string of the molecule is Cc1cc(CCOc2ccc(F)c(F)c2)n[nH]1. The van der Waals surface area contributed by atoms with Crippen LogP contribution in [-0.4, -0.2) is 16.8 Å². The molecule has 90 valence electrons. The van der Waals surface area contributed by atoms with Crippen LogP contribution in [0.4, 0.5) is 8.78 Å². The number of aromatic amines is 1. The third-order valence-corrected chi connectivity index (χ3v) is 2.28. The lowest BCUT2D eigenvalue weighted by Gasteiger charge is -2.04. The summed E-state index contributed by atoms with van der Waals surface area (Å²) >= 11 is 0. The summed E-state index contributed by atoms with van der Waals surface area (Å²) in [4.78, 5) is 0.